The van der Waals surface area contributed by atoms with Crippen molar-refractivity contribution in [1.82, 2.24) is 4.90 Å². The Hall–Kier alpha value is -2.16. The number of halogens is 1. The number of hydrogen-bond donors (Lipinski definition) is 0. The molecule has 3 heteroatoms. The monoisotopic (exact) mass is 285 g/mol. The summed E-state index contributed by atoms with van der Waals surface area (Å²) >= 11 is 0. The van der Waals surface area contributed by atoms with Gasteiger partial charge in [-0.3, -0.25) is 4.79 Å². The number of amides is 1. The Morgan fingerprint density at radius 2 is 1.86 bits per heavy atom. The summed E-state index contributed by atoms with van der Waals surface area (Å²) < 4.78 is 13.1. The molecule has 0 N–H and O–H groups in total. The molecule has 21 heavy (non-hydrogen) atoms. The molecule has 0 fully saturated rings. The Labute approximate surface area is 125 Å². The smallest absolute Gasteiger partial charge is 0.254 e. The zero-order valence-corrected chi connectivity index (χ0v) is 12.5. The van der Waals surface area contributed by atoms with E-state index in [1.54, 1.807) is 17.9 Å². The molecule has 0 aromatic heterocycles. The summed E-state index contributed by atoms with van der Waals surface area (Å²) in [7, 11) is 0. The minimum absolute atomic E-state index is 0.0362. The molecule has 2 nitrogen and oxygen atoms in total. The molecule has 0 bridgehead atoms. The van der Waals surface area contributed by atoms with Crippen LogP contribution in [0.5, 0.6) is 0 Å². The van der Waals surface area contributed by atoms with Crippen molar-refractivity contribution >= 4 is 5.91 Å². The predicted octanol–water partition coefficient (Wildman–Crippen LogP) is 3.84. The SMILES string of the molecule is CCN(CCc1ccccc1)C(=O)c1ccc(F)cc1C. The average Bonchev–Trinajstić information content (AvgIpc) is 2.48. The molecule has 0 saturated heterocycles. The van der Waals surface area contributed by atoms with E-state index in [9.17, 15) is 9.18 Å². The number of carbonyl (C=O) groups excluding carboxylic acids is 1. The Morgan fingerprint density at radius 3 is 2.48 bits per heavy atom. The topological polar surface area (TPSA) is 20.3 Å². The van der Waals surface area contributed by atoms with Crippen LogP contribution in [0.3, 0.4) is 0 Å². The fourth-order valence-corrected chi connectivity index (χ4v) is 2.35. The molecule has 0 aliphatic rings. The third-order valence-electron chi connectivity index (χ3n) is 3.60. The summed E-state index contributed by atoms with van der Waals surface area (Å²) in [6.45, 7) is 5.03. The van der Waals surface area contributed by atoms with Gasteiger partial charge >= 0.3 is 0 Å². The number of aryl methyl sites for hydroxylation is 1. The van der Waals surface area contributed by atoms with E-state index in [4.69, 9.17) is 0 Å². The molecule has 2 aromatic carbocycles. The van der Waals surface area contributed by atoms with Crippen molar-refractivity contribution < 1.29 is 9.18 Å². The van der Waals surface area contributed by atoms with Gasteiger partial charge in [0.05, 0.1) is 0 Å². The maximum Gasteiger partial charge on any atom is 0.254 e. The fourth-order valence-electron chi connectivity index (χ4n) is 2.35. The van der Waals surface area contributed by atoms with E-state index in [1.807, 2.05) is 25.1 Å². The highest BCUT2D eigenvalue weighted by Gasteiger charge is 2.16. The Kier molecular flexibility index (Phi) is 5.09. The average molecular weight is 285 g/mol. The van der Waals surface area contributed by atoms with Crippen LogP contribution < -0.4 is 0 Å². The van der Waals surface area contributed by atoms with E-state index < -0.39 is 0 Å². The second-order valence-corrected chi connectivity index (χ2v) is 5.08. The van der Waals surface area contributed by atoms with Gasteiger partial charge in [0, 0.05) is 18.7 Å². The van der Waals surface area contributed by atoms with Gasteiger partial charge in [-0.2, -0.15) is 0 Å². The minimum atomic E-state index is -0.309. The van der Waals surface area contributed by atoms with Crippen LogP contribution in [0, 0.1) is 12.7 Å². The standard InChI is InChI=1S/C18H20FNO/c1-3-20(12-11-15-7-5-4-6-8-15)18(21)17-10-9-16(19)13-14(17)2/h4-10,13H,3,11-12H2,1-2H3. The molecule has 0 saturated carbocycles. The minimum Gasteiger partial charge on any atom is -0.339 e. The van der Waals surface area contributed by atoms with Crippen LogP contribution in [0.15, 0.2) is 48.5 Å². The third kappa shape index (κ3) is 3.91. The van der Waals surface area contributed by atoms with E-state index in [-0.39, 0.29) is 11.7 Å². The molecule has 2 rings (SSSR count). The van der Waals surface area contributed by atoms with E-state index in [1.165, 1.54) is 17.7 Å². The first-order valence-electron chi connectivity index (χ1n) is 7.21. The van der Waals surface area contributed by atoms with Crippen LogP contribution in [-0.2, 0) is 6.42 Å². The fraction of sp³-hybridized carbons (Fsp3) is 0.278. The zero-order valence-electron chi connectivity index (χ0n) is 12.5. The van der Waals surface area contributed by atoms with Crippen LogP contribution >= 0.6 is 0 Å². The molecule has 0 heterocycles. The number of benzene rings is 2. The maximum absolute atomic E-state index is 13.1. The van der Waals surface area contributed by atoms with Gasteiger partial charge in [-0.1, -0.05) is 30.3 Å². The van der Waals surface area contributed by atoms with Gasteiger partial charge < -0.3 is 4.90 Å². The lowest BCUT2D eigenvalue weighted by Crippen LogP contribution is -2.33. The summed E-state index contributed by atoms with van der Waals surface area (Å²) in [4.78, 5) is 14.3. The first kappa shape index (κ1) is 15.2. The number of hydrogen-bond acceptors (Lipinski definition) is 1. The molecule has 0 spiro atoms. The Balaban J connectivity index is 2.08. The van der Waals surface area contributed by atoms with E-state index in [0.29, 0.717) is 24.2 Å². The maximum atomic E-state index is 13.1. The van der Waals surface area contributed by atoms with Gasteiger partial charge in [0.1, 0.15) is 5.82 Å². The van der Waals surface area contributed by atoms with Crippen molar-refractivity contribution in [3.05, 3.63) is 71.0 Å². The number of carbonyl (C=O) groups is 1. The van der Waals surface area contributed by atoms with Crippen molar-refractivity contribution in [2.45, 2.75) is 20.3 Å². The van der Waals surface area contributed by atoms with Crippen molar-refractivity contribution in [2.24, 2.45) is 0 Å². The highest BCUT2D eigenvalue weighted by Crippen LogP contribution is 2.13. The van der Waals surface area contributed by atoms with Gasteiger partial charge in [0.15, 0.2) is 0 Å². The molecule has 1 amide bonds. The van der Waals surface area contributed by atoms with Crippen LogP contribution in [0.1, 0.15) is 28.4 Å². The molecule has 0 radical (unpaired) electrons. The van der Waals surface area contributed by atoms with Crippen LogP contribution in [-0.4, -0.2) is 23.9 Å². The first-order chi connectivity index (χ1) is 10.1. The molecule has 110 valence electrons. The van der Waals surface area contributed by atoms with E-state index >= 15 is 0 Å². The Morgan fingerprint density at radius 1 is 1.14 bits per heavy atom. The quantitative estimate of drug-likeness (QED) is 0.817. The van der Waals surface area contributed by atoms with Crippen molar-refractivity contribution in [3.63, 3.8) is 0 Å². The molecular weight excluding hydrogens is 265 g/mol. The van der Waals surface area contributed by atoms with Gasteiger partial charge in [-0.05, 0) is 49.6 Å². The number of rotatable bonds is 5. The van der Waals surface area contributed by atoms with Crippen LogP contribution in [0.2, 0.25) is 0 Å². The molecule has 2 aromatic rings. The van der Waals surface area contributed by atoms with E-state index in [0.717, 1.165) is 6.42 Å². The molecule has 0 aliphatic heterocycles. The molecule has 0 aliphatic carbocycles. The summed E-state index contributed by atoms with van der Waals surface area (Å²) in [6.07, 6.45) is 0.820. The molecule has 0 unspecified atom stereocenters. The van der Waals surface area contributed by atoms with Gasteiger partial charge in [0.2, 0.25) is 0 Å². The van der Waals surface area contributed by atoms with Crippen molar-refractivity contribution in [3.8, 4) is 0 Å². The largest absolute Gasteiger partial charge is 0.339 e. The lowest BCUT2D eigenvalue weighted by molar-refractivity contribution is 0.0765. The van der Waals surface area contributed by atoms with Gasteiger partial charge in [-0.15, -0.1) is 0 Å². The zero-order chi connectivity index (χ0) is 15.2. The second kappa shape index (κ2) is 7.02. The number of likely N-dealkylation sites (N-methyl/N-ethyl adjacent to an activating group) is 1. The van der Waals surface area contributed by atoms with Crippen LogP contribution in [0.4, 0.5) is 4.39 Å². The van der Waals surface area contributed by atoms with Crippen molar-refractivity contribution in [1.29, 1.82) is 0 Å². The third-order valence-corrected chi connectivity index (χ3v) is 3.60. The normalized spacial score (nSPS) is 10.4. The van der Waals surface area contributed by atoms with E-state index in [2.05, 4.69) is 12.1 Å². The highest BCUT2D eigenvalue weighted by molar-refractivity contribution is 5.95. The first-order valence-corrected chi connectivity index (χ1v) is 7.21. The van der Waals surface area contributed by atoms with Crippen LogP contribution in [0.25, 0.3) is 0 Å². The van der Waals surface area contributed by atoms with Crippen molar-refractivity contribution in [2.75, 3.05) is 13.1 Å². The summed E-state index contributed by atoms with van der Waals surface area (Å²) in [6, 6.07) is 14.4. The van der Waals surface area contributed by atoms with Gasteiger partial charge in [0.25, 0.3) is 5.91 Å². The lowest BCUT2D eigenvalue weighted by Gasteiger charge is -2.22. The highest BCUT2D eigenvalue weighted by atomic mass is 19.1. The van der Waals surface area contributed by atoms with Gasteiger partial charge in [-0.25, -0.2) is 4.39 Å². The molecule has 0 atom stereocenters. The summed E-state index contributed by atoms with van der Waals surface area (Å²) in [5.74, 6) is -0.345. The lowest BCUT2D eigenvalue weighted by atomic mass is 10.1. The summed E-state index contributed by atoms with van der Waals surface area (Å²) in [5, 5.41) is 0. The summed E-state index contributed by atoms with van der Waals surface area (Å²) in [5.41, 5.74) is 2.46. The number of nitrogens with zero attached hydrogens (tertiary/aromatic N) is 1. The second-order valence-electron chi connectivity index (χ2n) is 5.08. The Bertz CT molecular complexity index is 610. The predicted molar refractivity (Wildman–Crippen MR) is 82.9 cm³/mol. The molecular formula is C18H20FNO.